The predicted octanol–water partition coefficient (Wildman–Crippen LogP) is 2.67. The summed E-state index contributed by atoms with van der Waals surface area (Å²) >= 11 is 0. The zero-order chi connectivity index (χ0) is 13.4. The second kappa shape index (κ2) is 7.61. The standard InChI is InChI=1S/C14H22N2O2/c1-4-18-13-7-5-6-12(14(13)15)16-8-9-17-10-11(2)3/h5-7,16H,2,4,8-10,15H2,1,3H3. The van der Waals surface area contributed by atoms with Gasteiger partial charge < -0.3 is 20.5 Å². The number of para-hydroxylation sites is 1. The number of benzene rings is 1. The number of hydrogen-bond donors (Lipinski definition) is 2. The van der Waals surface area contributed by atoms with E-state index in [4.69, 9.17) is 15.2 Å². The van der Waals surface area contributed by atoms with Gasteiger partial charge in [-0.1, -0.05) is 18.2 Å². The van der Waals surface area contributed by atoms with E-state index < -0.39 is 0 Å². The van der Waals surface area contributed by atoms with Gasteiger partial charge in [-0.3, -0.25) is 0 Å². The van der Waals surface area contributed by atoms with Gasteiger partial charge in [-0.05, 0) is 26.0 Å². The molecule has 18 heavy (non-hydrogen) atoms. The Hall–Kier alpha value is -1.68. The van der Waals surface area contributed by atoms with Gasteiger partial charge in [0.1, 0.15) is 5.75 Å². The van der Waals surface area contributed by atoms with Gasteiger partial charge in [0.05, 0.1) is 31.2 Å². The molecular formula is C14H22N2O2. The van der Waals surface area contributed by atoms with Crippen LogP contribution in [0.25, 0.3) is 0 Å². The molecule has 0 amide bonds. The van der Waals surface area contributed by atoms with Crippen LogP contribution in [0.3, 0.4) is 0 Å². The first-order chi connectivity index (χ1) is 8.65. The van der Waals surface area contributed by atoms with Crippen molar-refractivity contribution in [2.75, 3.05) is 37.4 Å². The number of nitrogen functional groups attached to an aromatic ring is 1. The van der Waals surface area contributed by atoms with Crippen LogP contribution < -0.4 is 15.8 Å². The highest BCUT2D eigenvalue weighted by molar-refractivity contribution is 5.72. The SMILES string of the molecule is C=C(C)COCCNc1cccc(OCC)c1N. The van der Waals surface area contributed by atoms with Gasteiger partial charge in [0.15, 0.2) is 0 Å². The zero-order valence-corrected chi connectivity index (χ0v) is 11.2. The third-order valence-electron chi connectivity index (χ3n) is 2.28. The molecule has 1 aromatic carbocycles. The summed E-state index contributed by atoms with van der Waals surface area (Å²) in [5.74, 6) is 0.713. The van der Waals surface area contributed by atoms with E-state index >= 15 is 0 Å². The Kier molecular flexibility index (Phi) is 6.08. The molecule has 4 nitrogen and oxygen atoms in total. The normalized spacial score (nSPS) is 10.1. The lowest BCUT2D eigenvalue weighted by molar-refractivity contribution is 0.167. The van der Waals surface area contributed by atoms with Gasteiger partial charge in [0.2, 0.25) is 0 Å². The van der Waals surface area contributed by atoms with Crippen LogP contribution in [0.5, 0.6) is 5.75 Å². The van der Waals surface area contributed by atoms with Crippen LogP contribution in [-0.2, 0) is 4.74 Å². The first-order valence-corrected chi connectivity index (χ1v) is 6.12. The fraction of sp³-hybridized carbons (Fsp3) is 0.429. The lowest BCUT2D eigenvalue weighted by atomic mass is 10.2. The molecule has 1 rings (SSSR count). The molecule has 0 atom stereocenters. The smallest absolute Gasteiger partial charge is 0.144 e. The zero-order valence-electron chi connectivity index (χ0n) is 11.2. The summed E-state index contributed by atoms with van der Waals surface area (Å²) in [6.07, 6.45) is 0. The molecule has 0 radical (unpaired) electrons. The van der Waals surface area contributed by atoms with E-state index in [1.807, 2.05) is 32.0 Å². The van der Waals surface area contributed by atoms with Gasteiger partial charge >= 0.3 is 0 Å². The van der Waals surface area contributed by atoms with E-state index in [-0.39, 0.29) is 0 Å². The highest BCUT2D eigenvalue weighted by Gasteiger charge is 2.04. The fourth-order valence-electron chi connectivity index (χ4n) is 1.48. The van der Waals surface area contributed by atoms with Crippen LogP contribution in [0.15, 0.2) is 30.4 Å². The Bertz CT molecular complexity index is 391. The second-order valence-electron chi connectivity index (χ2n) is 4.09. The largest absolute Gasteiger partial charge is 0.492 e. The van der Waals surface area contributed by atoms with Gasteiger partial charge in [-0.2, -0.15) is 0 Å². The average molecular weight is 250 g/mol. The minimum atomic E-state index is 0.593. The summed E-state index contributed by atoms with van der Waals surface area (Å²) in [6, 6.07) is 5.70. The molecule has 0 spiro atoms. The van der Waals surface area contributed by atoms with Crippen molar-refractivity contribution in [2.24, 2.45) is 0 Å². The molecule has 0 saturated carbocycles. The third-order valence-corrected chi connectivity index (χ3v) is 2.28. The molecule has 0 bridgehead atoms. The second-order valence-corrected chi connectivity index (χ2v) is 4.09. The molecule has 0 aliphatic rings. The third kappa shape index (κ3) is 4.67. The van der Waals surface area contributed by atoms with Crippen molar-refractivity contribution >= 4 is 11.4 Å². The molecule has 3 N–H and O–H groups in total. The van der Waals surface area contributed by atoms with E-state index in [1.165, 1.54) is 0 Å². The Balaban J connectivity index is 2.42. The topological polar surface area (TPSA) is 56.5 Å². The van der Waals surface area contributed by atoms with Crippen molar-refractivity contribution in [3.8, 4) is 5.75 Å². The minimum absolute atomic E-state index is 0.593. The van der Waals surface area contributed by atoms with Crippen molar-refractivity contribution < 1.29 is 9.47 Å². The monoisotopic (exact) mass is 250 g/mol. The van der Waals surface area contributed by atoms with E-state index in [9.17, 15) is 0 Å². The Morgan fingerprint density at radius 1 is 1.44 bits per heavy atom. The Morgan fingerprint density at radius 2 is 2.22 bits per heavy atom. The van der Waals surface area contributed by atoms with Crippen molar-refractivity contribution in [2.45, 2.75) is 13.8 Å². The Morgan fingerprint density at radius 3 is 2.89 bits per heavy atom. The maximum Gasteiger partial charge on any atom is 0.144 e. The van der Waals surface area contributed by atoms with Crippen molar-refractivity contribution in [1.29, 1.82) is 0 Å². The summed E-state index contributed by atoms with van der Waals surface area (Å²) < 4.78 is 10.8. The number of rotatable bonds is 8. The molecule has 1 aromatic rings. The van der Waals surface area contributed by atoms with Crippen molar-refractivity contribution in [3.05, 3.63) is 30.4 Å². The van der Waals surface area contributed by atoms with Crippen LogP contribution in [0.1, 0.15) is 13.8 Å². The predicted molar refractivity (Wildman–Crippen MR) is 76.1 cm³/mol. The Labute approximate surface area is 109 Å². The maximum atomic E-state index is 5.99. The molecule has 0 fully saturated rings. The average Bonchev–Trinajstić information content (AvgIpc) is 2.33. The van der Waals surface area contributed by atoms with Crippen LogP contribution in [-0.4, -0.2) is 26.4 Å². The molecule has 100 valence electrons. The number of ether oxygens (including phenoxy) is 2. The van der Waals surface area contributed by atoms with Crippen LogP contribution in [0.2, 0.25) is 0 Å². The van der Waals surface area contributed by atoms with Crippen LogP contribution in [0, 0.1) is 0 Å². The first kappa shape index (κ1) is 14.4. The summed E-state index contributed by atoms with van der Waals surface area (Å²) in [5.41, 5.74) is 8.52. The van der Waals surface area contributed by atoms with E-state index in [2.05, 4.69) is 11.9 Å². The van der Waals surface area contributed by atoms with Gasteiger partial charge in [-0.15, -0.1) is 0 Å². The number of nitrogens with one attached hydrogen (secondary N) is 1. The summed E-state index contributed by atoms with van der Waals surface area (Å²) in [6.45, 7) is 10.2. The number of anilines is 2. The minimum Gasteiger partial charge on any atom is -0.492 e. The molecular weight excluding hydrogens is 228 g/mol. The highest BCUT2D eigenvalue weighted by Crippen LogP contribution is 2.28. The number of hydrogen-bond acceptors (Lipinski definition) is 4. The van der Waals surface area contributed by atoms with Crippen LogP contribution in [0.4, 0.5) is 11.4 Å². The van der Waals surface area contributed by atoms with Crippen molar-refractivity contribution in [3.63, 3.8) is 0 Å². The summed E-state index contributed by atoms with van der Waals surface area (Å²) in [4.78, 5) is 0. The maximum absolute atomic E-state index is 5.99. The molecule has 0 heterocycles. The quantitative estimate of drug-likeness (QED) is 0.423. The van der Waals surface area contributed by atoms with Gasteiger partial charge in [-0.25, -0.2) is 0 Å². The fourth-order valence-corrected chi connectivity index (χ4v) is 1.48. The molecule has 0 unspecified atom stereocenters. The lowest BCUT2D eigenvalue weighted by Gasteiger charge is -2.13. The van der Waals surface area contributed by atoms with E-state index in [1.54, 1.807) is 0 Å². The lowest BCUT2D eigenvalue weighted by Crippen LogP contribution is -2.11. The molecule has 0 aliphatic carbocycles. The molecule has 0 saturated heterocycles. The highest BCUT2D eigenvalue weighted by atomic mass is 16.5. The van der Waals surface area contributed by atoms with E-state index in [0.29, 0.717) is 37.8 Å². The van der Waals surface area contributed by atoms with Crippen LogP contribution >= 0.6 is 0 Å². The summed E-state index contributed by atoms with van der Waals surface area (Å²) in [7, 11) is 0. The van der Waals surface area contributed by atoms with Gasteiger partial charge in [0, 0.05) is 6.54 Å². The number of nitrogens with two attached hydrogens (primary N) is 1. The van der Waals surface area contributed by atoms with Gasteiger partial charge in [0.25, 0.3) is 0 Å². The van der Waals surface area contributed by atoms with E-state index in [0.717, 1.165) is 11.3 Å². The molecule has 0 aromatic heterocycles. The molecule has 4 heteroatoms. The first-order valence-electron chi connectivity index (χ1n) is 6.12. The molecule has 0 aliphatic heterocycles. The summed E-state index contributed by atoms with van der Waals surface area (Å²) in [5, 5.41) is 3.23. The van der Waals surface area contributed by atoms with Crippen molar-refractivity contribution in [1.82, 2.24) is 0 Å².